The molecule has 3 N–H and O–H groups in total. The zero-order valence-electron chi connectivity index (χ0n) is 17.4. The van der Waals surface area contributed by atoms with E-state index >= 15 is 0 Å². The van der Waals surface area contributed by atoms with Crippen LogP contribution in [-0.4, -0.2) is 72.4 Å². The zero-order chi connectivity index (χ0) is 20.5. The van der Waals surface area contributed by atoms with Gasteiger partial charge in [0.05, 0.1) is 39.1 Å². The number of ether oxygens (including phenoxy) is 2. The quantitative estimate of drug-likeness (QED) is 0.330. The van der Waals surface area contributed by atoms with Crippen LogP contribution in [0.25, 0.3) is 0 Å². The fourth-order valence-electron chi connectivity index (χ4n) is 3.00. The van der Waals surface area contributed by atoms with E-state index in [1.807, 2.05) is 29.2 Å². The number of nitrogens with zero attached hydrogens (tertiary/aromatic N) is 1. The summed E-state index contributed by atoms with van der Waals surface area (Å²) < 4.78 is 11.4. The van der Waals surface area contributed by atoms with Gasteiger partial charge in [0, 0.05) is 19.6 Å². The minimum Gasteiger partial charge on any atom is -0.494 e. The van der Waals surface area contributed by atoms with Gasteiger partial charge < -0.3 is 24.8 Å². The highest BCUT2D eigenvalue weighted by atomic mass is 16.5. The van der Waals surface area contributed by atoms with E-state index in [0.29, 0.717) is 26.2 Å². The molecule has 6 heteroatoms. The van der Waals surface area contributed by atoms with Gasteiger partial charge in [-0.15, -0.1) is 0 Å². The summed E-state index contributed by atoms with van der Waals surface area (Å²) >= 11 is 0. The number of rotatable bonds is 18. The molecular formula is C22H39NO5. The number of aliphatic hydroxyl groups excluding tert-OH is 3. The maximum Gasteiger partial charge on any atom is 0.119 e. The molecule has 1 aromatic carbocycles. The largest absolute Gasteiger partial charge is 0.494 e. The number of unbranched alkanes of at least 4 members (excludes halogenated alkanes) is 5. The van der Waals surface area contributed by atoms with E-state index in [2.05, 4.69) is 6.92 Å². The smallest absolute Gasteiger partial charge is 0.119 e. The maximum absolute atomic E-state index is 10.0. The highest BCUT2D eigenvalue weighted by molar-refractivity contribution is 5.26. The van der Waals surface area contributed by atoms with Gasteiger partial charge in [0.1, 0.15) is 5.75 Å². The molecule has 0 aliphatic carbocycles. The Labute approximate surface area is 170 Å². The third-order valence-corrected chi connectivity index (χ3v) is 4.57. The summed E-state index contributed by atoms with van der Waals surface area (Å²) in [5, 5.41) is 28.0. The van der Waals surface area contributed by atoms with Crippen LogP contribution in [0.4, 0.5) is 0 Å². The van der Waals surface area contributed by atoms with Gasteiger partial charge in [0.2, 0.25) is 0 Å². The average Bonchev–Trinajstić information content (AvgIpc) is 2.69. The normalized spacial score (nSPS) is 12.5. The third kappa shape index (κ3) is 12.3. The first kappa shape index (κ1) is 24.9. The second-order valence-corrected chi connectivity index (χ2v) is 7.18. The van der Waals surface area contributed by atoms with Gasteiger partial charge in [-0.2, -0.15) is 0 Å². The fourth-order valence-corrected chi connectivity index (χ4v) is 3.00. The molecule has 0 saturated carbocycles. The first-order valence-electron chi connectivity index (χ1n) is 10.6. The van der Waals surface area contributed by atoms with E-state index < -0.39 is 6.10 Å². The summed E-state index contributed by atoms with van der Waals surface area (Å²) in [6.07, 6.45) is 6.87. The maximum atomic E-state index is 10.0. The molecule has 0 amide bonds. The molecule has 0 aliphatic rings. The van der Waals surface area contributed by atoms with Crippen LogP contribution in [0.2, 0.25) is 0 Å². The van der Waals surface area contributed by atoms with Crippen LogP contribution >= 0.6 is 0 Å². The van der Waals surface area contributed by atoms with Crippen molar-refractivity contribution in [1.82, 2.24) is 4.90 Å². The van der Waals surface area contributed by atoms with Crippen LogP contribution in [-0.2, 0) is 11.3 Å². The standard InChI is InChI=1S/C22H39NO5/c1-2-3-4-5-6-7-16-28-22-10-8-20(9-11-22)18-27-19-21(26)17-23(12-14-24)13-15-25/h8-11,21,24-26H,2-7,12-19H2,1H3. The van der Waals surface area contributed by atoms with E-state index in [-0.39, 0.29) is 19.8 Å². The van der Waals surface area contributed by atoms with Crippen LogP contribution in [0.15, 0.2) is 24.3 Å². The van der Waals surface area contributed by atoms with E-state index in [1.165, 1.54) is 32.1 Å². The minimum absolute atomic E-state index is 0.000847. The Kier molecular flexibility index (Phi) is 14.9. The van der Waals surface area contributed by atoms with Crippen molar-refractivity contribution in [2.75, 3.05) is 46.1 Å². The van der Waals surface area contributed by atoms with Gasteiger partial charge in [0.15, 0.2) is 0 Å². The molecule has 0 saturated heterocycles. The number of benzene rings is 1. The predicted molar refractivity (Wildman–Crippen MR) is 112 cm³/mol. The van der Waals surface area contributed by atoms with Crippen LogP contribution in [0, 0.1) is 0 Å². The third-order valence-electron chi connectivity index (χ3n) is 4.57. The van der Waals surface area contributed by atoms with Gasteiger partial charge in [-0.05, 0) is 24.1 Å². The lowest BCUT2D eigenvalue weighted by atomic mass is 10.1. The van der Waals surface area contributed by atoms with Crippen LogP contribution in [0.3, 0.4) is 0 Å². The molecule has 1 atom stereocenters. The molecule has 0 radical (unpaired) electrons. The summed E-state index contributed by atoms with van der Waals surface area (Å²) in [6.45, 7) is 4.85. The summed E-state index contributed by atoms with van der Waals surface area (Å²) in [4.78, 5) is 1.81. The van der Waals surface area contributed by atoms with Gasteiger partial charge in [-0.1, -0.05) is 51.2 Å². The molecule has 6 nitrogen and oxygen atoms in total. The number of hydrogen-bond acceptors (Lipinski definition) is 6. The van der Waals surface area contributed by atoms with Gasteiger partial charge in [-0.25, -0.2) is 0 Å². The molecule has 162 valence electrons. The van der Waals surface area contributed by atoms with Crippen molar-refractivity contribution in [3.05, 3.63) is 29.8 Å². The number of hydrogen-bond donors (Lipinski definition) is 3. The Bertz CT molecular complexity index is 462. The van der Waals surface area contributed by atoms with Crippen LogP contribution < -0.4 is 4.74 Å². The molecule has 0 aliphatic heterocycles. The van der Waals surface area contributed by atoms with Crippen molar-refractivity contribution in [2.24, 2.45) is 0 Å². The van der Waals surface area contributed by atoms with E-state index in [1.54, 1.807) is 0 Å². The minimum atomic E-state index is -0.655. The topological polar surface area (TPSA) is 82.4 Å². The van der Waals surface area contributed by atoms with Crippen LogP contribution in [0.5, 0.6) is 5.75 Å². The Balaban J connectivity index is 2.17. The molecule has 0 aromatic heterocycles. The SMILES string of the molecule is CCCCCCCCOc1ccc(COCC(O)CN(CCO)CCO)cc1. The summed E-state index contributed by atoms with van der Waals surface area (Å²) in [5.41, 5.74) is 1.03. The molecule has 0 spiro atoms. The Morgan fingerprint density at radius 2 is 1.57 bits per heavy atom. The van der Waals surface area contributed by atoms with Gasteiger partial charge in [-0.3, -0.25) is 4.90 Å². The highest BCUT2D eigenvalue weighted by Crippen LogP contribution is 2.14. The monoisotopic (exact) mass is 397 g/mol. The fraction of sp³-hybridized carbons (Fsp3) is 0.727. The van der Waals surface area contributed by atoms with Crippen molar-refractivity contribution < 1.29 is 24.8 Å². The molecule has 0 bridgehead atoms. The summed E-state index contributed by atoms with van der Waals surface area (Å²) in [5.74, 6) is 0.876. The van der Waals surface area contributed by atoms with Crippen molar-refractivity contribution >= 4 is 0 Å². The Morgan fingerprint density at radius 3 is 2.21 bits per heavy atom. The van der Waals surface area contributed by atoms with E-state index in [0.717, 1.165) is 24.3 Å². The zero-order valence-corrected chi connectivity index (χ0v) is 17.4. The number of aliphatic hydroxyl groups is 3. The molecule has 0 fully saturated rings. The molecular weight excluding hydrogens is 358 g/mol. The van der Waals surface area contributed by atoms with E-state index in [9.17, 15) is 5.11 Å². The lowest BCUT2D eigenvalue weighted by Gasteiger charge is -2.23. The summed E-state index contributed by atoms with van der Waals surface area (Å²) in [6, 6.07) is 7.87. The second-order valence-electron chi connectivity index (χ2n) is 7.18. The van der Waals surface area contributed by atoms with Crippen molar-refractivity contribution in [3.63, 3.8) is 0 Å². The molecule has 28 heavy (non-hydrogen) atoms. The molecule has 1 aromatic rings. The summed E-state index contributed by atoms with van der Waals surface area (Å²) in [7, 11) is 0. The Hall–Kier alpha value is -1.18. The van der Waals surface area contributed by atoms with Gasteiger partial charge in [0.25, 0.3) is 0 Å². The van der Waals surface area contributed by atoms with Crippen molar-refractivity contribution in [2.45, 2.75) is 58.2 Å². The molecule has 0 heterocycles. The Morgan fingerprint density at radius 1 is 0.929 bits per heavy atom. The van der Waals surface area contributed by atoms with Crippen molar-refractivity contribution in [3.8, 4) is 5.75 Å². The first-order valence-corrected chi connectivity index (χ1v) is 10.6. The lowest BCUT2D eigenvalue weighted by Crippen LogP contribution is -2.38. The van der Waals surface area contributed by atoms with Crippen molar-refractivity contribution in [1.29, 1.82) is 0 Å². The van der Waals surface area contributed by atoms with Gasteiger partial charge >= 0.3 is 0 Å². The highest BCUT2D eigenvalue weighted by Gasteiger charge is 2.11. The second kappa shape index (κ2) is 16.7. The molecule has 1 rings (SSSR count). The lowest BCUT2D eigenvalue weighted by molar-refractivity contribution is 0.00523. The van der Waals surface area contributed by atoms with Crippen LogP contribution in [0.1, 0.15) is 51.0 Å². The average molecular weight is 398 g/mol. The predicted octanol–water partition coefficient (Wildman–Crippen LogP) is 2.59. The first-order chi connectivity index (χ1) is 13.7. The molecule has 1 unspecified atom stereocenters. The van der Waals surface area contributed by atoms with E-state index in [4.69, 9.17) is 19.7 Å².